The van der Waals surface area contributed by atoms with Crippen molar-refractivity contribution in [3.8, 4) is 0 Å². The van der Waals surface area contributed by atoms with Crippen LogP contribution in [0.5, 0.6) is 0 Å². The van der Waals surface area contributed by atoms with E-state index in [-0.39, 0.29) is 12.4 Å². The van der Waals surface area contributed by atoms with Crippen molar-refractivity contribution in [2.75, 3.05) is 13.1 Å². The van der Waals surface area contributed by atoms with E-state index in [0.717, 1.165) is 24.7 Å². The molecule has 0 spiro atoms. The number of benzene rings is 1. The van der Waals surface area contributed by atoms with Crippen LogP contribution >= 0.6 is 24.0 Å². The van der Waals surface area contributed by atoms with Gasteiger partial charge < -0.3 is 5.73 Å². The number of nitrogens with zero attached hydrogens (tertiary/aromatic N) is 1. The molecule has 2 atom stereocenters. The van der Waals surface area contributed by atoms with Gasteiger partial charge in [0.25, 0.3) is 0 Å². The predicted molar refractivity (Wildman–Crippen MR) is 80.4 cm³/mol. The van der Waals surface area contributed by atoms with E-state index >= 15 is 0 Å². The topological polar surface area (TPSA) is 29.3 Å². The van der Waals surface area contributed by atoms with E-state index in [1.54, 1.807) is 0 Å². The zero-order valence-corrected chi connectivity index (χ0v) is 12.4. The van der Waals surface area contributed by atoms with Crippen LogP contribution in [-0.2, 0) is 6.54 Å². The number of piperidine rings is 1. The molecular formula is C14H22Cl2N2. The molecule has 2 nitrogen and oxygen atoms in total. The second-order valence-corrected chi connectivity index (χ2v) is 5.50. The third-order valence-corrected chi connectivity index (χ3v) is 4.01. The van der Waals surface area contributed by atoms with Crippen LogP contribution in [0.1, 0.15) is 25.3 Å². The van der Waals surface area contributed by atoms with Crippen LogP contribution in [0.2, 0.25) is 5.02 Å². The Labute approximate surface area is 121 Å². The molecule has 1 aliphatic heterocycles. The van der Waals surface area contributed by atoms with Gasteiger partial charge in [0.15, 0.2) is 0 Å². The SMILES string of the molecule is CC(N)C1CCCN(Cc2ccccc2Cl)C1.Cl. The Morgan fingerprint density at radius 2 is 2.17 bits per heavy atom. The van der Waals surface area contributed by atoms with Gasteiger partial charge in [0, 0.05) is 24.2 Å². The largest absolute Gasteiger partial charge is 0.328 e. The summed E-state index contributed by atoms with van der Waals surface area (Å²) in [5.41, 5.74) is 7.22. The van der Waals surface area contributed by atoms with E-state index in [1.807, 2.05) is 18.2 Å². The van der Waals surface area contributed by atoms with E-state index in [1.165, 1.54) is 18.4 Å². The minimum absolute atomic E-state index is 0. The van der Waals surface area contributed by atoms with Gasteiger partial charge in [-0.1, -0.05) is 29.8 Å². The van der Waals surface area contributed by atoms with Crippen LogP contribution in [-0.4, -0.2) is 24.0 Å². The number of hydrogen-bond donors (Lipinski definition) is 1. The molecule has 2 N–H and O–H groups in total. The second-order valence-electron chi connectivity index (χ2n) is 5.09. The minimum atomic E-state index is 0. The highest BCUT2D eigenvalue weighted by atomic mass is 35.5. The van der Waals surface area contributed by atoms with Gasteiger partial charge in [0.2, 0.25) is 0 Å². The van der Waals surface area contributed by atoms with Gasteiger partial charge in [-0.25, -0.2) is 0 Å². The Bertz CT molecular complexity index is 369. The van der Waals surface area contributed by atoms with Crippen molar-refractivity contribution in [2.24, 2.45) is 11.7 Å². The summed E-state index contributed by atoms with van der Waals surface area (Å²) in [7, 11) is 0. The fraction of sp³-hybridized carbons (Fsp3) is 0.571. The molecule has 0 saturated carbocycles. The Morgan fingerprint density at radius 1 is 1.44 bits per heavy atom. The van der Waals surface area contributed by atoms with Gasteiger partial charge in [-0.3, -0.25) is 4.90 Å². The summed E-state index contributed by atoms with van der Waals surface area (Å²) in [6.07, 6.45) is 2.51. The first kappa shape index (κ1) is 15.8. The molecule has 1 aromatic rings. The molecule has 0 bridgehead atoms. The quantitative estimate of drug-likeness (QED) is 0.925. The smallest absolute Gasteiger partial charge is 0.0451 e. The molecule has 0 aliphatic carbocycles. The highest BCUT2D eigenvalue weighted by Gasteiger charge is 2.22. The summed E-state index contributed by atoms with van der Waals surface area (Å²) in [4.78, 5) is 2.47. The van der Waals surface area contributed by atoms with Crippen LogP contribution in [0.4, 0.5) is 0 Å². The molecule has 4 heteroatoms. The number of halogens is 2. The fourth-order valence-electron chi connectivity index (χ4n) is 2.53. The van der Waals surface area contributed by atoms with Crippen molar-refractivity contribution in [3.05, 3.63) is 34.9 Å². The zero-order valence-electron chi connectivity index (χ0n) is 10.8. The van der Waals surface area contributed by atoms with Crippen molar-refractivity contribution in [1.82, 2.24) is 4.90 Å². The van der Waals surface area contributed by atoms with Crippen molar-refractivity contribution in [1.29, 1.82) is 0 Å². The maximum atomic E-state index is 6.19. The molecule has 18 heavy (non-hydrogen) atoms. The number of rotatable bonds is 3. The van der Waals surface area contributed by atoms with Crippen molar-refractivity contribution < 1.29 is 0 Å². The van der Waals surface area contributed by atoms with Gasteiger partial charge in [0.05, 0.1) is 0 Å². The third-order valence-electron chi connectivity index (χ3n) is 3.64. The van der Waals surface area contributed by atoms with Crippen LogP contribution in [0.15, 0.2) is 24.3 Å². The molecule has 1 aliphatic rings. The maximum absolute atomic E-state index is 6.19. The average Bonchev–Trinajstić information content (AvgIpc) is 2.32. The minimum Gasteiger partial charge on any atom is -0.328 e. The standard InChI is InChI=1S/C14H21ClN2.ClH/c1-11(16)12-6-4-8-17(9-12)10-13-5-2-3-7-14(13)15;/h2-3,5,7,11-12H,4,6,8-10,16H2,1H3;1H. The molecule has 2 unspecified atom stereocenters. The van der Waals surface area contributed by atoms with Gasteiger partial charge >= 0.3 is 0 Å². The molecule has 0 amide bonds. The van der Waals surface area contributed by atoms with E-state index in [0.29, 0.717) is 12.0 Å². The molecule has 0 radical (unpaired) electrons. The maximum Gasteiger partial charge on any atom is 0.0451 e. The zero-order chi connectivity index (χ0) is 12.3. The first-order valence-electron chi connectivity index (χ1n) is 6.38. The summed E-state index contributed by atoms with van der Waals surface area (Å²) in [5.74, 6) is 0.631. The first-order chi connectivity index (χ1) is 8.16. The monoisotopic (exact) mass is 288 g/mol. The molecule has 1 saturated heterocycles. The van der Waals surface area contributed by atoms with E-state index < -0.39 is 0 Å². The highest BCUT2D eigenvalue weighted by Crippen LogP contribution is 2.23. The van der Waals surface area contributed by atoms with Crippen LogP contribution < -0.4 is 5.73 Å². The lowest BCUT2D eigenvalue weighted by molar-refractivity contribution is 0.154. The van der Waals surface area contributed by atoms with Crippen LogP contribution in [0.3, 0.4) is 0 Å². The summed E-state index contributed by atoms with van der Waals surface area (Å²) in [6, 6.07) is 8.40. The summed E-state index contributed by atoms with van der Waals surface area (Å²) < 4.78 is 0. The fourth-order valence-corrected chi connectivity index (χ4v) is 2.73. The second kappa shape index (κ2) is 7.34. The van der Waals surface area contributed by atoms with Crippen molar-refractivity contribution in [3.63, 3.8) is 0 Å². The summed E-state index contributed by atoms with van der Waals surface area (Å²) >= 11 is 6.19. The first-order valence-corrected chi connectivity index (χ1v) is 6.76. The van der Waals surface area contributed by atoms with E-state index in [9.17, 15) is 0 Å². The van der Waals surface area contributed by atoms with E-state index in [4.69, 9.17) is 17.3 Å². The molecule has 102 valence electrons. The molecule has 1 heterocycles. The lowest BCUT2D eigenvalue weighted by atomic mass is 9.92. The van der Waals surface area contributed by atoms with E-state index in [2.05, 4.69) is 17.9 Å². The Hall–Kier alpha value is -0.280. The Kier molecular flexibility index (Phi) is 6.44. The summed E-state index contributed by atoms with van der Waals surface area (Å²) in [6.45, 7) is 5.32. The molecule has 1 aromatic carbocycles. The normalized spacial score (nSPS) is 22.3. The highest BCUT2D eigenvalue weighted by molar-refractivity contribution is 6.31. The summed E-state index contributed by atoms with van der Waals surface area (Å²) in [5, 5.41) is 0.871. The van der Waals surface area contributed by atoms with Crippen LogP contribution in [0, 0.1) is 5.92 Å². The molecule has 1 fully saturated rings. The van der Waals surface area contributed by atoms with Gasteiger partial charge in [-0.05, 0) is 43.9 Å². The predicted octanol–water partition coefficient (Wildman–Crippen LogP) is 3.32. The lowest BCUT2D eigenvalue weighted by Gasteiger charge is -2.34. The Morgan fingerprint density at radius 3 is 2.83 bits per heavy atom. The van der Waals surface area contributed by atoms with Gasteiger partial charge in [-0.15, -0.1) is 12.4 Å². The van der Waals surface area contributed by atoms with Gasteiger partial charge in [0.1, 0.15) is 0 Å². The van der Waals surface area contributed by atoms with Gasteiger partial charge in [-0.2, -0.15) is 0 Å². The third kappa shape index (κ3) is 4.13. The lowest BCUT2D eigenvalue weighted by Crippen LogP contribution is -2.41. The molecule has 0 aromatic heterocycles. The number of likely N-dealkylation sites (tertiary alicyclic amines) is 1. The average molecular weight is 289 g/mol. The molecular weight excluding hydrogens is 267 g/mol. The van der Waals surface area contributed by atoms with Crippen LogP contribution in [0.25, 0.3) is 0 Å². The van der Waals surface area contributed by atoms with Crippen molar-refractivity contribution >= 4 is 24.0 Å². The van der Waals surface area contributed by atoms with Crippen molar-refractivity contribution in [2.45, 2.75) is 32.4 Å². The number of hydrogen-bond acceptors (Lipinski definition) is 2. The Balaban J connectivity index is 0.00000162. The molecule has 2 rings (SSSR count). The number of nitrogens with two attached hydrogens (primary N) is 1.